The molecule has 1 fully saturated rings. The topological polar surface area (TPSA) is 58.1 Å². The van der Waals surface area contributed by atoms with Gasteiger partial charge in [0.15, 0.2) is 11.5 Å². The number of hydrogen-bond donors (Lipinski definition) is 1. The number of unbranched alkanes of at least 4 members (excludes halogenated alkanes) is 1. The number of hydrogen-bond acceptors (Lipinski definition) is 4. The Bertz CT molecular complexity index is 426. The van der Waals surface area contributed by atoms with Crippen LogP contribution in [0.1, 0.15) is 55.9 Å². The largest absolute Gasteiger partial charge is 0.358 e. The zero-order valence-corrected chi connectivity index (χ0v) is 12.4. The van der Waals surface area contributed by atoms with Crippen LogP contribution in [0.4, 0.5) is 5.82 Å². The van der Waals surface area contributed by atoms with Gasteiger partial charge in [0.1, 0.15) is 0 Å². The lowest BCUT2D eigenvalue weighted by molar-refractivity contribution is 0.0932. The number of nitrogens with zero attached hydrogens (tertiary/aromatic N) is 3. The standard InChI is InChI=1S/C15H24N4O/c1-3-4-11-19(2)14-10-9-13(17-18-14)15(20)16-12-7-5-6-8-12/h9-10,12H,3-8,11H2,1-2H3,(H,16,20). The first-order valence-electron chi connectivity index (χ1n) is 7.56. The summed E-state index contributed by atoms with van der Waals surface area (Å²) in [4.78, 5) is 14.1. The van der Waals surface area contributed by atoms with Crippen LogP contribution in [0.2, 0.25) is 0 Å². The van der Waals surface area contributed by atoms with Gasteiger partial charge in [0.25, 0.3) is 5.91 Å². The Morgan fingerprint density at radius 1 is 1.35 bits per heavy atom. The Morgan fingerprint density at radius 2 is 2.10 bits per heavy atom. The first-order valence-corrected chi connectivity index (χ1v) is 7.56. The van der Waals surface area contributed by atoms with E-state index in [1.165, 1.54) is 12.8 Å². The molecule has 0 bridgehead atoms. The molecule has 0 aromatic carbocycles. The van der Waals surface area contributed by atoms with Crippen LogP contribution >= 0.6 is 0 Å². The average Bonchev–Trinajstić information content (AvgIpc) is 2.97. The van der Waals surface area contributed by atoms with Crippen molar-refractivity contribution in [2.75, 3.05) is 18.5 Å². The smallest absolute Gasteiger partial charge is 0.272 e. The summed E-state index contributed by atoms with van der Waals surface area (Å²) in [6.07, 6.45) is 6.85. The summed E-state index contributed by atoms with van der Waals surface area (Å²) in [5.74, 6) is 0.711. The molecule has 110 valence electrons. The van der Waals surface area contributed by atoms with Gasteiger partial charge in [-0.3, -0.25) is 4.79 Å². The van der Waals surface area contributed by atoms with Gasteiger partial charge < -0.3 is 10.2 Å². The molecule has 1 N–H and O–H groups in total. The number of carbonyl (C=O) groups excluding carboxylic acids is 1. The molecule has 0 atom stereocenters. The van der Waals surface area contributed by atoms with E-state index >= 15 is 0 Å². The van der Waals surface area contributed by atoms with Gasteiger partial charge in [-0.25, -0.2) is 0 Å². The molecule has 5 heteroatoms. The Kier molecular flexibility index (Phi) is 5.32. The molecule has 2 rings (SSSR count). The van der Waals surface area contributed by atoms with Crippen molar-refractivity contribution in [1.29, 1.82) is 0 Å². The molecular formula is C15H24N4O. The minimum absolute atomic E-state index is 0.104. The van der Waals surface area contributed by atoms with Gasteiger partial charge in [0.2, 0.25) is 0 Å². The average molecular weight is 276 g/mol. The number of amides is 1. The predicted octanol–water partition coefficient (Wildman–Crippen LogP) is 2.39. The first-order chi connectivity index (χ1) is 9.70. The number of rotatable bonds is 6. The van der Waals surface area contributed by atoms with E-state index in [9.17, 15) is 4.79 Å². The zero-order chi connectivity index (χ0) is 14.4. The summed E-state index contributed by atoms with van der Waals surface area (Å²) in [6, 6.07) is 3.94. The van der Waals surface area contributed by atoms with E-state index in [1.54, 1.807) is 6.07 Å². The highest BCUT2D eigenvalue weighted by Crippen LogP contribution is 2.18. The predicted molar refractivity (Wildman–Crippen MR) is 79.9 cm³/mol. The van der Waals surface area contributed by atoms with Crippen molar-refractivity contribution in [3.63, 3.8) is 0 Å². The molecule has 0 radical (unpaired) electrons. The summed E-state index contributed by atoms with van der Waals surface area (Å²) in [6.45, 7) is 3.12. The van der Waals surface area contributed by atoms with Crippen molar-refractivity contribution in [2.45, 2.75) is 51.5 Å². The molecule has 0 unspecified atom stereocenters. The molecule has 0 spiro atoms. The van der Waals surface area contributed by atoms with Crippen LogP contribution in [0.25, 0.3) is 0 Å². The molecule has 1 saturated carbocycles. The summed E-state index contributed by atoms with van der Waals surface area (Å²) < 4.78 is 0. The normalized spacial score (nSPS) is 15.3. The Hall–Kier alpha value is -1.65. The van der Waals surface area contributed by atoms with E-state index in [0.29, 0.717) is 11.7 Å². The Balaban J connectivity index is 1.91. The van der Waals surface area contributed by atoms with E-state index in [-0.39, 0.29) is 5.91 Å². The molecular weight excluding hydrogens is 252 g/mol. The summed E-state index contributed by atoms with van der Waals surface area (Å²) in [5, 5.41) is 11.2. The second-order valence-corrected chi connectivity index (χ2v) is 5.51. The van der Waals surface area contributed by atoms with Crippen molar-refractivity contribution < 1.29 is 4.79 Å². The Morgan fingerprint density at radius 3 is 2.70 bits per heavy atom. The van der Waals surface area contributed by atoms with Crippen molar-refractivity contribution in [1.82, 2.24) is 15.5 Å². The maximum Gasteiger partial charge on any atom is 0.272 e. The molecule has 1 aliphatic carbocycles. The molecule has 1 amide bonds. The highest BCUT2D eigenvalue weighted by atomic mass is 16.2. The molecule has 0 aliphatic heterocycles. The molecule has 0 saturated heterocycles. The van der Waals surface area contributed by atoms with Gasteiger partial charge in [0.05, 0.1) is 0 Å². The maximum atomic E-state index is 12.0. The third-order valence-corrected chi connectivity index (χ3v) is 3.81. The third-order valence-electron chi connectivity index (χ3n) is 3.81. The summed E-state index contributed by atoms with van der Waals surface area (Å²) in [5.41, 5.74) is 0.407. The van der Waals surface area contributed by atoms with Gasteiger partial charge >= 0.3 is 0 Å². The van der Waals surface area contributed by atoms with E-state index in [1.807, 2.05) is 13.1 Å². The lowest BCUT2D eigenvalue weighted by atomic mass is 10.2. The van der Waals surface area contributed by atoms with Gasteiger partial charge in [-0.05, 0) is 31.4 Å². The van der Waals surface area contributed by atoms with Crippen LogP contribution in [0.15, 0.2) is 12.1 Å². The van der Waals surface area contributed by atoms with Crippen LogP contribution < -0.4 is 10.2 Å². The minimum Gasteiger partial charge on any atom is -0.358 e. The maximum absolute atomic E-state index is 12.0. The summed E-state index contributed by atoms with van der Waals surface area (Å²) in [7, 11) is 2.00. The fourth-order valence-corrected chi connectivity index (χ4v) is 2.49. The van der Waals surface area contributed by atoms with Gasteiger partial charge in [-0.15, -0.1) is 10.2 Å². The van der Waals surface area contributed by atoms with Crippen LogP contribution in [0.5, 0.6) is 0 Å². The van der Waals surface area contributed by atoms with Crippen molar-refractivity contribution in [2.24, 2.45) is 0 Å². The lowest BCUT2D eigenvalue weighted by Crippen LogP contribution is -2.33. The van der Waals surface area contributed by atoms with E-state index in [0.717, 1.165) is 38.0 Å². The number of nitrogens with one attached hydrogen (secondary N) is 1. The molecule has 1 aliphatic rings. The molecule has 1 heterocycles. The van der Waals surface area contributed by atoms with Gasteiger partial charge in [0, 0.05) is 19.6 Å². The fourth-order valence-electron chi connectivity index (χ4n) is 2.49. The van der Waals surface area contributed by atoms with Gasteiger partial charge in [-0.2, -0.15) is 0 Å². The molecule has 1 aromatic rings. The molecule has 5 nitrogen and oxygen atoms in total. The first kappa shape index (κ1) is 14.8. The highest BCUT2D eigenvalue weighted by molar-refractivity contribution is 5.92. The minimum atomic E-state index is -0.104. The number of aromatic nitrogens is 2. The number of carbonyl (C=O) groups is 1. The zero-order valence-electron chi connectivity index (χ0n) is 12.4. The van der Waals surface area contributed by atoms with Crippen LogP contribution in [0.3, 0.4) is 0 Å². The SMILES string of the molecule is CCCCN(C)c1ccc(C(=O)NC2CCCC2)nn1. The monoisotopic (exact) mass is 276 g/mol. The highest BCUT2D eigenvalue weighted by Gasteiger charge is 2.18. The van der Waals surface area contributed by atoms with E-state index < -0.39 is 0 Å². The third kappa shape index (κ3) is 3.92. The quantitative estimate of drug-likeness (QED) is 0.866. The van der Waals surface area contributed by atoms with Crippen LogP contribution in [-0.2, 0) is 0 Å². The Labute approximate surface area is 120 Å². The van der Waals surface area contributed by atoms with Crippen LogP contribution in [0, 0.1) is 0 Å². The van der Waals surface area contributed by atoms with E-state index in [2.05, 4.69) is 27.3 Å². The van der Waals surface area contributed by atoms with Crippen molar-refractivity contribution in [3.05, 3.63) is 17.8 Å². The summed E-state index contributed by atoms with van der Waals surface area (Å²) >= 11 is 0. The molecule has 20 heavy (non-hydrogen) atoms. The lowest BCUT2D eigenvalue weighted by Gasteiger charge is -2.17. The van der Waals surface area contributed by atoms with Crippen LogP contribution in [-0.4, -0.2) is 35.7 Å². The number of anilines is 1. The second kappa shape index (κ2) is 7.22. The van der Waals surface area contributed by atoms with Gasteiger partial charge in [-0.1, -0.05) is 26.2 Å². The van der Waals surface area contributed by atoms with Crippen molar-refractivity contribution >= 4 is 11.7 Å². The molecule has 1 aromatic heterocycles. The van der Waals surface area contributed by atoms with Crippen molar-refractivity contribution in [3.8, 4) is 0 Å². The van der Waals surface area contributed by atoms with E-state index in [4.69, 9.17) is 0 Å². The fraction of sp³-hybridized carbons (Fsp3) is 0.667. The second-order valence-electron chi connectivity index (χ2n) is 5.51.